The van der Waals surface area contributed by atoms with Crippen LogP contribution in [0.25, 0.3) is 0 Å². The number of fused-ring (bicyclic) bond motifs is 1. The minimum absolute atomic E-state index is 0. The van der Waals surface area contributed by atoms with Crippen LogP contribution in [0.3, 0.4) is 0 Å². The molecule has 150 valence electrons. The molecule has 1 aromatic carbocycles. The second-order valence-electron chi connectivity index (χ2n) is 6.33. The second-order valence-corrected chi connectivity index (χ2v) is 8.61. The monoisotopic (exact) mass is 457 g/mol. The van der Waals surface area contributed by atoms with Gasteiger partial charge >= 0.3 is 29.6 Å². The smallest absolute Gasteiger partial charge is 0.731 e. The number of nitrogens with one attached hydrogen (secondary N) is 1. The number of amides is 4. The molecule has 2 aromatic rings. The molecule has 1 fully saturated rings. The van der Waals surface area contributed by atoms with Crippen molar-refractivity contribution in [2.75, 3.05) is 6.54 Å². The van der Waals surface area contributed by atoms with Gasteiger partial charge in [-0.3, -0.25) is 24.1 Å². The predicted octanol–water partition coefficient (Wildman–Crippen LogP) is -3.12. The average Bonchev–Trinajstić information content (AvgIpc) is 3.27. The van der Waals surface area contributed by atoms with E-state index < -0.39 is 52.6 Å². The fourth-order valence-electron chi connectivity index (χ4n) is 3.22. The summed E-state index contributed by atoms with van der Waals surface area (Å²) in [4.78, 5) is 51.6. The van der Waals surface area contributed by atoms with Crippen molar-refractivity contribution in [1.29, 1.82) is 0 Å². The van der Waals surface area contributed by atoms with Crippen molar-refractivity contribution in [3.05, 3.63) is 57.8 Å². The molecule has 2 atom stereocenters. The van der Waals surface area contributed by atoms with Crippen molar-refractivity contribution in [1.82, 2.24) is 14.5 Å². The number of nitrogens with zero attached hydrogens (tertiary/aromatic N) is 2. The first-order valence-corrected chi connectivity index (χ1v) is 10.5. The molecular formula is C17H12N3NaO7S2. The first-order chi connectivity index (χ1) is 13.7. The van der Waals surface area contributed by atoms with E-state index in [1.165, 1.54) is 12.1 Å². The number of rotatable bonds is 5. The quantitative estimate of drug-likeness (QED) is 0.216. The van der Waals surface area contributed by atoms with Crippen LogP contribution in [0.5, 0.6) is 0 Å². The summed E-state index contributed by atoms with van der Waals surface area (Å²) in [5.41, 5.74) is 0.324. The molecule has 4 rings (SSSR count). The summed E-state index contributed by atoms with van der Waals surface area (Å²) in [6.45, 7) is -0.504. The van der Waals surface area contributed by atoms with Crippen molar-refractivity contribution in [2.45, 2.75) is 12.1 Å². The van der Waals surface area contributed by atoms with Gasteiger partial charge in [0.15, 0.2) is 16.3 Å². The van der Waals surface area contributed by atoms with Crippen molar-refractivity contribution in [3.8, 4) is 0 Å². The minimum Gasteiger partial charge on any atom is -0.731 e. The Morgan fingerprint density at radius 3 is 2.17 bits per heavy atom. The first-order valence-electron chi connectivity index (χ1n) is 8.28. The van der Waals surface area contributed by atoms with Gasteiger partial charge < -0.3 is 9.87 Å². The molecule has 0 aliphatic carbocycles. The number of β-lactam (4-membered cyclic amide) rings is 1. The molecule has 0 radical (unpaired) electrons. The molecule has 0 bridgehead atoms. The zero-order valence-corrected chi connectivity index (χ0v) is 19.1. The fourth-order valence-corrected chi connectivity index (χ4v) is 4.71. The Kier molecular flexibility index (Phi) is 6.18. The third-order valence-electron chi connectivity index (χ3n) is 4.62. The van der Waals surface area contributed by atoms with Gasteiger partial charge in [0.25, 0.3) is 17.7 Å². The van der Waals surface area contributed by atoms with Gasteiger partial charge in [0, 0.05) is 4.88 Å². The zero-order valence-electron chi connectivity index (χ0n) is 15.5. The van der Waals surface area contributed by atoms with Gasteiger partial charge in [-0.05, 0) is 23.6 Å². The Morgan fingerprint density at radius 2 is 1.70 bits per heavy atom. The van der Waals surface area contributed by atoms with Crippen LogP contribution in [0.15, 0.2) is 41.8 Å². The summed E-state index contributed by atoms with van der Waals surface area (Å²) in [5.74, 6) is -3.20. The maximum atomic E-state index is 12.9. The normalized spacial score (nSPS) is 19.1. The molecule has 1 N–H and O–H groups in total. The van der Waals surface area contributed by atoms with Crippen LogP contribution < -0.4 is 34.9 Å². The molecule has 30 heavy (non-hydrogen) atoms. The van der Waals surface area contributed by atoms with Crippen molar-refractivity contribution in [2.24, 2.45) is 0 Å². The van der Waals surface area contributed by atoms with E-state index in [1.807, 2.05) is 0 Å². The van der Waals surface area contributed by atoms with Gasteiger partial charge in [-0.2, -0.15) is 0 Å². The molecule has 13 heteroatoms. The van der Waals surface area contributed by atoms with E-state index in [4.69, 9.17) is 0 Å². The van der Waals surface area contributed by atoms with Gasteiger partial charge in [-0.1, -0.05) is 18.2 Å². The van der Waals surface area contributed by atoms with Crippen LogP contribution in [0, 0.1) is 0 Å². The van der Waals surface area contributed by atoms with Crippen molar-refractivity contribution < 1.29 is 61.7 Å². The number of hydrogen-bond donors (Lipinski definition) is 1. The summed E-state index contributed by atoms with van der Waals surface area (Å²) in [7, 11) is -4.95. The Hall–Kier alpha value is -2.09. The number of benzene rings is 1. The molecule has 0 saturated carbocycles. The molecule has 1 aromatic heterocycles. The summed E-state index contributed by atoms with van der Waals surface area (Å²) in [6, 6.07) is 6.78. The minimum atomic E-state index is -4.95. The number of hydrogen-bond acceptors (Lipinski definition) is 8. The predicted molar refractivity (Wildman–Crippen MR) is 97.3 cm³/mol. The molecule has 4 amide bonds. The van der Waals surface area contributed by atoms with E-state index in [-0.39, 0.29) is 45.0 Å². The molecule has 3 heterocycles. The Balaban J connectivity index is 0.00000256. The summed E-state index contributed by atoms with van der Waals surface area (Å²) in [5, 5.41) is 3.99. The maximum Gasteiger partial charge on any atom is 1.00 e. The average molecular weight is 457 g/mol. The van der Waals surface area contributed by atoms with E-state index in [0.717, 1.165) is 16.2 Å². The van der Waals surface area contributed by atoms with Crippen LogP contribution in [0.2, 0.25) is 0 Å². The van der Waals surface area contributed by atoms with Gasteiger partial charge in [0.1, 0.15) is 6.04 Å². The van der Waals surface area contributed by atoms with E-state index in [1.54, 1.807) is 29.6 Å². The van der Waals surface area contributed by atoms with Gasteiger partial charge in [-0.25, -0.2) is 12.7 Å². The third-order valence-corrected chi connectivity index (χ3v) is 6.42. The summed E-state index contributed by atoms with van der Waals surface area (Å²) >= 11 is 1.14. The van der Waals surface area contributed by atoms with Crippen LogP contribution >= 0.6 is 11.3 Å². The zero-order chi connectivity index (χ0) is 20.9. The van der Waals surface area contributed by atoms with Crippen molar-refractivity contribution in [3.63, 3.8) is 0 Å². The van der Waals surface area contributed by atoms with Crippen LogP contribution in [-0.4, -0.2) is 58.4 Å². The van der Waals surface area contributed by atoms with Gasteiger partial charge in [-0.15, -0.1) is 11.3 Å². The third kappa shape index (κ3) is 3.70. The van der Waals surface area contributed by atoms with Crippen LogP contribution in [0.1, 0.15) is 31.6 Å². The molecule has 2 aliphatic heterocycles. The van der Waals surface area contributed by atoms with Crippen LogP contribution in [0.4, 0.5) is 0 Å². The van der Waals surface area contributed by atoms with E-state index >= 15 is 0 Å². The fraction of sp³-hybridized carbons (Fsp3) is 0.176. The van der Waals surface area contributed by atoms with E-state index in [2.05, 4.69) is 5.32 Å². The number of carbonyl (C=O) groups excluding carboxylic acids is 4. The van der Waals surface area contributed by atoms with Gasteiger partial charge in [0.2, 0.25) is 5.91 Å². The summed E-state index contributed by atoms with van der Waals surface area (Å²) in [6.07, 6.45) is 0. The number of imide groups is 1. The van der Waals surface area contributed by atoms with E-state index in [0.29, 0.717) is 4.88 Å². The molecule has 2 unspecified atom stereocenters. The number of carbonyl (C=O) groups is 4. The van der Waals surface area contributed by atoms with Gasteiger partial charge in [0.05, 0.1) is 17.7 Å². The van der Waals surface area contributed by atoms with Crippen LogP contribution in [-0.2, 0) is 19.9 Å². The number of thiophene rings is 1. The topological polar surface area (TPSA) is 144 Å². The standard InChI is InChI=1S/C17H13N3O7S2.Na/c21-14(18-11-8-19(17(11)24)29(25,26)27)13(12-6-3-7-28-12)20-15(22)9-4-1-2-5-10(9)16(20)23;/h1-7,11,13H,8H2,(H,18,21)(H,25,26,27);/q;+1/p-1. The molecule has 0 spiro atoms. The summed E-state index contributed by atoms with van der Waals surface area (Å²) < 4.78 is 32.9. The molecular weight excluding hydrogens is 445 g/mol. The Morgan fingerprint density at radius 1 is 1.10 bits per heavy atom. The molecule has 2 aliphatic rings. The second kappa shape index (κ2) is 8.21. The Bertz CT molecular complexity index is 1110. The molecule has 10 nitrogen and oxygen atoms in total. The van der Waals surface area contributed by atoms with Crippen molar-refractivity contribution >= 4 is 45.3 Å². The van der Waals surface area contributed by atoms with E-state index in [9.17, 15) is 32.1 Å². The SMILES string of the molecule is O=C(NC1CN(S(=O)(=O)[O-])C1=O)C(c1cccs1)N1C(=O)c2ccccc2C1=O.[Na+]. The Labute approximate surface area is 197 Å². The first kappa shape index (κ1) is 22.6. The maximum absolute atomic E-state index is 12.9. The molecule has 1 saturated heterocycles. The largest absolute Gasteiger partial charge is 1.00 e.